The number of aryl methyl sites for hydroxylation is 1. The van der Waals surface area contributed by atoms with Gasteiger partial charge in [0.05, 0.1) is 31.4 Å². The van der Waals surface area contributed by atoms with Gasteiger partial charge >= 0.3 is 5.97 Å². The lowest BCUT2D eigenvalue weighted by Crippen LogP contribution is -2.18. The highest BCUT2D eigenvalue weighted by Crippen LogP contribution is 2.14. The fourth-order valence-corrected chi connectivity index (χ4v) is 2.65. The van der Waals surface area contributed by atoms with Crippen molar-refractivity contribution in [3.63, 3.8) is 0 Å². The largest absolute Gasteiger partial charge is 0.481 e. The summed E-state index contributed by atoms with van der Waals surface area (Å²) in [6, 6.07) is 8.98. The average Bonchev–Trinajstić information content (AvgIpc) is 3.22. The Labute approximate surface area is 154 Å². The van der Waals surface area contributed by atoms with Crippen molar-refractivity contribution in [3.8, 4) is 0 Å². The van der Waals surface area contributed by atoms with Crippen molar-refractivity contribution in [2.75, 3.05) is 5.32 Å². The number of carboxylic acid groups (broad SMARTS) is 1. The summed E-state index contributed by atoms with van der Waals surface area (Å²) < 4.78 is 3.04. The van der Waals surface area contributed by atoms with Gasteiger partial charge in [0.2, 0.25) is 0 Å². The minimum atomic E-state index is -0.950. The molecule has 0 aliphatic heterocycles. The Morgan fingerprint density at radius 1 is 1.23 bits per heavy atom. The van der Waals surface area contributed by atoms with Gasteiger partial charge in [0.25, 0.3) is 5.91 Å². The van der Waals surface area contributed by atoms with Crippen LogP contribution in [-0.2, 0) is 17.9 Å². The molecule has 0 aliphatic rings. The smallest absolute Gasteiger partial charge is 0.305 e. The van der Waals surface area contributed by atoms with Crippen LogP contribution in [0.4, 0.5) is 5.69 Å². The fraction of sp³-hybridized carbons (Fsp3) is 0.176. The molecule has 0 aliphatic carbocycles. The lowest BCUT2D eigenvalue weighted by molar-refractivity contribution is -0.137. The Morgan fingerprint density at radius 2 is 2.08 bits per heavy atom. The van der Waals surface area contributed by atoms with Crippen LogP contribution in [0.1, 0.15) is 22.5 Å². The van der Waals surface area contributed by atoms with E-state index in [2.05, 4.69) is 15.5 Å². The van der Waals surface area contributed by atoms with Gasteiger partial charge in [-0.15, -0.1) is 0 Å². The van der Waals surface area contributed by atoms with E-state index in [-0.39, 0.29) is 24.6 Å². The van der Waals surface area contributed by atoms with Crippen molar-refractivity contribution in [3.05, 3.63) is 65.2 Å². The van der Waals surface area contributed by atoms with Crippen molar-refractivity contribution in [1.82, 2.24) is 19.6 Å². The first-order chi connectivity index (χ1) is 12.5. The number of amides is 1. The molecule has 3 aromatic rings. The van der Waals surface area contributed by atoms with Crippen LogP contribution in [-0.4, -0.2) is 36.5 Å². The second kappa shape index (κ2) is 7.83. The first-order valence-corrected chi connectivity index (χ1v) is 8.21. The van der Waals surface area contributed by atoms with E-state index in [9.17, 15) is 9.59 Å². The first-order valence-electron chi connectivity index (χ1n) is 7.83. The molecule has 0 saturated carbocycles. The van der Waals surface area contributed by atoms with Crippen LogP contribution in [0.2, 0.25) is 5.02 Å². The van der Waals surface area contributed by atoms with E-state index in [1.165, 1.54) is 16.9 Å². The summed E-state index contributed by atoms with van der Waals surface area (Å²) in [4.78, 5) is 23.1. The molecular formula is C17H16ClN5O3. The molecule has 2 aromatic heterocycles. The van der Waals surface area contributed by atoms with Gasteiger partial charge in [-0.2, -0.15) is 10.2 Å². The van der Waals surface area contributed by atoms with Gasteiger partial charge < -0.3 is 10.4 Å². The number of nitrogens with zero attached hydrogens (tertiary/aromatic N) is 4. The van der Waals surface area contributed by atoms with Gasteiger partial charge in [-0.3, -0.25) is 19.0 Å². The third-order valence-corrected chi connectivity index (χ3v) is 3.85. The Morgan fingerprint density at radius 3 is 2.85 bits per heavy atom. The van der Waals surface area contributed by atoms with E-state index in [0.29, 0.717) is 17.3 Å². The van der Waals surface area contributed by atoms with E-state index in [4.69, 9.17) is 16.7 Å². The summed E-state index contributed by atoms with van der Waals surface area (Å²) in [5, 5.41) is 20.3. The number of anilines is 1. The molecule has 0 spiro atoms. The molecule has 9 heteroatoms. The van der Waals surface area contributed by atoms with Crippen LogP contribution >= 0.6 is 11.6 Å². The highest BCUT2D eigenvalue weighted by molar-refractivity contribution is 6.30. The third kappa shape index (κ3) is 4.48. The van der Waals surface area contributed by atoms with Crippen LogP contribution in [0.25, 0.3) is 0 Å². The number of carboxylic acids is 1. The van der Waals surface area contributed by atoms with Gasteiger partial charge in [0.1, 0.15) is 5.69 Å². The minimum Gasteiger partial charge on any atom is -0.481 e. The van der Waals surface area contributed by atoms with E-state index in [1.54, 1.807) is 23.1 Å². The quantitative estimate of drug-likeness (QED) is 0.662. The molecule has 0 radical (unpaired) electrons. The van der Waals surface area contributed by atoms with E-state index >= 15 is 0 Å². The number of nitrogens with one attached hydrogen (secondary N) is 1. The van der Waals surface area contributed by atoms with Gasteiger partial charge in [-0.25, -0.2) is 0 Å². The second-order valence-corrected chi connectivity index (χ2v) is 6.03. The summed E-state index contributed by atoms with van der Waals surface area (Å²) in [6.45, 7) is 0.645. The summed E-state index contributed by atoms with van der Waals surface area (Å²) in [7, 11) is 0. The Hall–Kier alpha value is -3.13. The zero-order valence-electron chi connectivity index (χ0n) is 13.7. The molecule has 0 saturated heterocycles. The van der Waals surface area contributed by atoms with Crippen LogP contribution in [0.5, 0.6) is 0 Å². The van der Waals surface area contributed by atoms with Crippen molar-refractivity contribution in [2.24, 2.45) is 0 Å². The number of hydrogen-bond acceptors (Lipinski definition) is 4. The maximum absolute atomic E-state index is 12.4. The maximum Gasteiger partial charge on any atom is 0.305 e. The maximum atomic E-state index is 12.4. The normalized spacial score (nSPS) is 10.7. The number of hydrogen-bond donors (Lipinski definition) is 2. The summed E-state index contributed by atoms with van der Waals surface area (Å²) in [5.74, 6) is -1.33. The van der Waals surface area contributed by atoms with Gasteiger partial charge in [0, 0.05) is 17.4 Å². The molecule has 2 N–H and O–H groups in total. The van der Waals surface area contributed by atoms with Crippen LogP contribution in [0, 0.1) is 0 Å². The van der Waals surface area contributed by atoms with Crippen molar-refractivity contribution in [2.45, 2.75) is 19.5 Å². The van der Waals surface area contributed by atoms with Crippen LogP contribution in [0.15, 0.2) is 48.9 Å². The number of rotatable bonds is 7. The summed E-state index contributed by atoms with van der Waals surface area (Å²) in [6.07, 6.45) is 4.59. The number of aromatic nitrogens is 4. The Balaban J connectivity index is 1.65. The zero-order valence-corrected chi connectivity index (χ0v) is 14.4. The van der Waals surface area contributed by atoms with Crippen LogP contribution in [0.3, 0.4) is 0 Å². The zero-order chi connectivity index (χ0) is 18.5. The predicted molar refractivity (Wildman–Crippen MR) is 95.2 cm³/mol. The molecule has 2 heterocycles. The van der Waals surface area contributed by atoms with Crippen molar-refractivity contribution in [1.29, 1.82) is 0 Å². The monoisotopic (exact) mass is 373 g/mol. The molecule has 0 unspecified atom stereocenters. The molecule has 134 valence electrons. The lowest BCUT2D eigenvalue weighted by atomic mass is 10.2. The van der Waals surface area contributed by atoms with Crippen molar-refractivity contribution < 1.29 is 14.7 Å². The van der Waals surface area contributed by atoms with E-state index in [0.717, 1.165) is 5.56 Å². The minimum absolute atomic E-state index is 0.112. The summed E-state index contributed by atoms with van der Waals surface area (Å²) in [5.41, 5.74) is 1.81. The average molecular weight is 374 g/mol. The molecule has 0 atom stereocenters. The first kappa shape index (κ1) is 17.7. The summed E-state index contributed by atoms with van der Waals surface area (Å²) >= 11 is 5.97. The number of carbonyl (C=O) groups is 2. The third-order valence-electron chi connectivity index (χ3n) is 3.61. The number of benzene rings is 1. The number of carbonyl (C=O) groups excluding carboxylic acids is 1. The number of aliphatic carboxylic acids is 1. The predicted octanol–water partition coefficient (Wildman–Crippen LogP) is 2.51. The SMILES string of the molecule is O=C(O)CCn1nccc1C(=O)Nc1cnn(Cc2cccc(Cl)c2)c1. The molecule has 0 bridgehead atoms. The van der Waals surface area contributed by atoms with Gasteiger partial charge in [-0.05, 0) is 23.8 Å². The second-order valence-electron chi connectivity index (χ2n) is 5.59. The molecule has 0 fully saturated rings. The molecule has 8 nitrogen and oxygen atoms in total. The number of halogens is 1. The Bertz CT molecular complexity index is 934. The fourth-order valence-electron chi connectivity index (χ4n) is 2.44. The van der Waals surface area contributed by atoms with Crippen LogP contribution < -0.4 is 5.32 Å². The van der Waals surface area contributed by atoms with Crippen molar-refractivity contribution >= 4 is 29.2 Å². The highest BCUT2D eigenvalue weighted by atomic mass is 35.5. The molecular weight excluding hydrogens is 358 g/mol. The lowest BCUT2D eigenvalue weighted by Gasteiger charge is -2.06. The highest BCUT2D eigenvalue weighted by Gasteiger charge is 2.14. The van der Waals surface area contributed by atoms with E-state index < -0.39 is 5.97 Å². The van der Waals surface area contributed by atoms with Gasteiger partial charge in [-0.1, -0.05) is 23.7 Å². The molecule has 1 amide bonds. The molecule has 1 aromatic carbocycles. The molecule has 26 heavy (non-hydrogen) atoms. The Kier molecular flexibility index (Phi) is 5.33. The molecule has 3 rings (SSSR count). The standard InChI is InChI=1S/C17H16ClN5O3/c18-13-3-1-2-12(8-13)10-22-11-14(9-20-22)21-17(26)15-4-6-19-23(15)7-5-16(24)25/h1-4,6,8-9,11H,5,7,10H2,(H,21,26)(H,24,25). The topological polar surface area (TPSA) is 102 Å². The van der Waals surface area contributed by atoms with Gasteiger partial charge in [0.15, 0.2) is 0 Å². The van der Waals surface area contributed by atoms with E-state index in [1.807, 2.05) is 18.2 Å².